The summed E-state index contributed by atoms with van der Waals surface area (Å²) in [5.74, 6) is -0.501. The number of aromatic nitrogens is 4. The molecule has 2 aromatic carbocycles. The van der Waals surface area contributed by atoms with Gasteiger partial charge in [-0.05, 0) is 63.1 Å². The minimum Gasteiger partial charge on any atom is -0.319 e. The molecule has 0 aliphatic rings. The molecule has 0 unspecified atom stereocenters. The highest BCUT2D eigenvalue weighted by molar-refractivity contribution is 6.31. The summed E-state index contributed by atoms with van der Waals surface area (Å²) in [6, 6.07) is 13.8. The molecule has 170 valence electrons. The third kappa shape index (κ3) is 4.83. The maximum absolute atomic E-state index is 13.5. The summed E-state index contributed by atoms with van der Waals surface area (Å²) in [6.07, 6.45) is 0. The lowest BCUT2D eigenvalue weighted by Crippen LogP contribution is -2.13. The SMILES string of the molecule is Cc1nn(Cc2ccc(C(=O)Nc3c(C)nn(Cc4cccc(F)c4)c3C)cc2)c(C)c1Cl. The minimum absolute atomic E-state index is 0.216. The number of carbonyl (C=O) groups is 1. The van der Waals surface area contributed by atoms with Gasteiger partial charge in [0.1, 0.15) is 5.82 Å². The Morgan fingerprint density at radius 3 is 2.18 bits per heavy atom. The zero-order valence-corrected chi connectivity index (χ0v) is 19.7. The number of carbonyl (C=O) groups excluding carboxylic acids is 1. The quantitative estimate of drug-likeness (QED) is 0.411. The first-order chi connectivity index (χ1) is 15.7. The number of hydrogen-bond donors (Lipinski definition) is 1. The van der Waals surface area contributed by atoms with E-state index in [4.69, 9.17) is 11.6 Å². The van der Waals surface area contributed by atoms with E-state index in [1.807, 2.05) is 50.6 Å². The van der Waals surface area contributed by atoms with Crippen molar-refractivity contribution in [1.29, 1.82) is 0 Å². The van der Waals surface area contributed by atoms with E-state index < -0.39 is 0 Å². The predicted molar refractivity (Wildman–Crippen MR) is 127 cm³/mol. The van der Waals surface area contributed by atoms with Crippen LogP contribution in [0.4, 0.5) is 10.1 Å². The summed E-state index contributed by atoms with van der Waals surface area (Å²) >= 11 is 6.23. The highest BCUT2D eigenvalue weighted by Crippen LogP contribution is 2.23. The fourth-order valence-electron chi connectivity index (χ4n) is 3.79. The molecule has 1 amide bonds. The molecule has 0 radical (unpaired) electrons. The zero-order valence-electron chi connectivity index (χ0n) is 19.0. The average Bonchev–Trinajstić information content (AvgIpc) is 3.18. The van der Waals surface area contributed by atoms with Crippen LogP contribution in [0.15, 0.2) is 48.5 Å². The first-order valence-electron chi connectivity index (χ1n) is 10.6. The Bertz CT molecular complexity index is 1320. The van der Waals surface area contributed by atoms with E-state index >= 15 is 0 Å². The second-order valence-corrected chi connectivity index (χ2v) is 8.50. The van der Waals surface area contributed by atoms with Crippen molar-refractivity contribution in [2.45, 2.75) is 40.8 Å². The zero-order chi connectivity index (χ0) is 23.7. The number of hydrogen-bond acceptors (Lipinski definition) is 3. The van der Waals surface area contributed by atoms with Crippen LogP contribution >= 0.6 is 11.6 Å². The second-order valence-electron chi connectivity index (χ2n) is 8.13. The van der Waals surface area contributed by atoms with Gasteiger partial charge in [-0.25, -0.2) is 4.39 Å². The molecule has 0 aliphatic heterocycles. The summed E-state index contributed by atoms with van der Waals surface area (Å²) < 4.78 is 17.1. The molecule has 2 heterocycles. The molecule has 4 rings (SSSR count). The summed E-state index contributed by atoms with van der Waals surface area (Å²) in [6.45, 7) is 8.54. The Hall–Kier alpha value is -3.45. The predicted octanol–water partition coefficient (Wildman–Crippen LogP) is 5.45. The molecule has 0 saturated heterocycles. The van der Waals surface area contributed by atoms with Gasteiger partial charge in [-0.2, -0.15) is 10.2 Å². The van der Waals surface area contributed by atoms with Gasteiger partial charge in [-0.15, -0.1) is 0 Å². The highest BCUT2D eigenvalue weighted by atomic mass is 35.5. The van der Waals surface area contributed by atoms with Crippen molar-refractivity contribution in [1.82, 2.24) is 19.6 Å². The molecule has 0 atom stereocenters. The number of amides is 1. The largest absolute Gasteiger partial charge is 0.319 e. The van der Waals surface area contributed by atoms with Crippen LogP contribution in [0.1, 0.15) is 44.3 Å². The molecule has 33 heavy (non-hydrogen) atoms. The normalized spacial score (nSPS) is 11.1. The third-order valence-corrected chi connectivity index (χ3v) is 6.23. The summed E-state index contributed by atoms with van der Waals surface area (Å²) in [7, 11) is 0. The first-order valence-corrected chi connectivity index (χ1v) is 11.0. The number of halogens is 2. The van der Waals surface area contributed by atoms with Crippen LogP contribution in [0.2, 0.25) is 5.02 Å². The molecular weight excluding hydrogens is 441 g/mol. The van der Waals surface area contributed by atoms with Crippen molar-refractivity contribution in [3.05, 3.63) is 98.8 Å². The Morgan fingerprint density at radius 1 is 0.909 bits per heavy atom. The molecule has 0 bridgehead atoms. The molecule has 2 aromatic heterocycles. The Balaban J connectivity index is 1.47. The minimum atomic E-state index is -0.285. The number of anilines is 1. The molecule has 6 nitrogen and oxygen atoms in total. The molecule has 0 aliphatic carbocycles. The summed E-state index contributed by atoms with van der Waals surface area (Å²) in [4.78, 5) is 12.9. The van der Waals surface area contributed by atoms with E-state index in [-0.39, 0.29) is 11.7 Å². The number of nitrogens with zero attached hydrogens (tertiary/aromatic N) is 4. The maximum atomic E-state index is 13.5. The molecule has 4 aromatic rings. The van der Waals surface area contributed by atoms with Gasteiger partial charge in [0, 0.05) is 5.56 Å². The van der Waals surface area contributed by atoms with Gasteiger partial charge in [0.2, 0.25) is 0 Å². The van der Waals surface area contributed by atoms with Crippen LogP contribution in [-0.2, 0) is 13.1 Å². The molecule has 8 heteroatoms. The fourth-order valence-corrected chi connectivity index (χ4v) is 3.92. The number of benzene rings is 2. The number of rotatable bonds is 6. The van der Waals surface area contributed by atoms with E-state index in [1.165, 1.54) is 12.1 Å². The number of nitrogens with one attached hydrogen (secondary N) is 1. The van der Waals surface area contributed by atoms with Gasteiger partial charge in [-0.3, -0.25) is 14.2 Å². The lowest BCUT2D eigenvalue weighted by atomic mass is 10.1. The van der Waals surface area contributed by atoms with Crippen LogP contribution < -0.4 is 5.32 Å². The van der Waals surface area contributed by atoms with Crippen molar-refractivity contribution in [2.75, 3.05) is 5.32 Å². The van der Waals surface area contributed by atoms with Crippen LogP contribution in [0.3, 0.4) is 0 Å². The van der Waals surface area contributed by atoms with Gasteiger partial charge in [0.25, 0.3) is 5.91 Å². The van der Waals surface area contributed by atoms with E-state index in [0.29, 0.717) is 35.1 Å². The van der Waals surface area contributed by atoms with Crippen molar-refractivity contribution in [3.8, 4) is 0 Å². The topological polar surface area (TPSA) is 64.7 Å². The van der Waals surface area contributed by atoms with Gasteiger partial charge in [-0.1, -0.05) is 35.9 Å². The van der Waals surface area contributed by atoms with E-state index in [9.17, 15) is 9.18 Å². The Labute approximate surface area is 197 Å². The molecule has 0 spiro atoms. The third-order valence-electron chi connectivity index (χ3n) is 5.68. The van der Waals surface area contributed by atoms with Gasteiger partial charge >= 0.3 is 0 Å². The smallest absolute Gasteiger partial charge is 0.255 e. The van der Waals surface area contributed by atoms with E-state index in [0.717, 1.165) is 28.2 Å². The Morgan fingerprint density at radius 2 is 1.55 bits per heavy atom. The van der Waals surface area contributed by atoms with E-state index in [2.05, 4.69) is 15.5 Å². The van der Waals surface area contributed by atoms with Crippen LogP contribution in [-0.4, -0.2) is 25.5 Å². The average molecular weight is 466 g/mol. The Kier molecular flexibility index (Phi) is 6.33. The van der Waals surface area contributed by atoms with Gasteiger partial charge in [0.15, 0.2) is 0 Å². The highest BCUT2D eigenvalue weighted by Gasteiger charge is 2.16. The van der Waals surface area contributed by atoms with Crippen molar-refractivity contribution >= 4 is 23.2 Å². The van der Waals surface area contributed by atoms with Crippen molar-refractivity contribution in [2.24, 2.45) is 0 Å². The van der Waals surface area contributed by atoms with E-state index in [1.54, 1.807) is 22.9 Å². The molecule has 1 N–H and O–H groups in total. The fraction of sp³-hybridized carbons (Fsp3) is 0.240. The van der Waals surface area contributed by atoms with Gasteiger partial charge < -0.3 is 5.32 Å². The maximum Gasteiger partial charge on any atom is 0.255 e. The van der Waals surface area contributed by atoms with Crippen molar-refractivity contribution < 1.29 is 9.18 Å². The monoisotopic (exact) mass is 465 g/mol. The summed E-state index contributed by atoms with van der Waals surface area (Å²) in [5.41, 5.74) is 6.26. The van der Waals surface area contributed by atoms with Crippen molar-refractivity contribution in [3.63, 3.8) is 0 Å². The van der Waals surface area contributed by atoms with Crippen LogP contribution in [0, 0.1) is 33.5 Å². The molecule has 0 fully saturated rings. The number of aryl methyl sites for hydroxylation is 2. The first kappa shape index (κ1) is 22.7. The molecular formula is C25H25ClFN5O. The lowest BCUT2D eigenvalue weighted by molar-refractivity contribution is 0.102. The lowest BCUT2D eigenvalue weighted by Gasteiger charge is -2.09. The van der Waals surface area contributed by atoms with Crippen LogP contribution in [0.25, 0.3) is 0 Å². The summed E-state index contributed by atoms with van der Waals surface area (Å²) in [5, 5.41) is 12.6. The standard InChI is InChI=1S/C25H25ClFN5O/c1-15-23(26)17(3)31(29-15)13-19-8-10-21(11-9-19)25(33)28-24-16(2)30-32(18(24)4)14-20-6-5-7-22(27)12-20/h5-12H,13-14H2,1-4H3,(H,28,33). The van der Waals surface area contributed by atoms with Crippen LogP contribution in [0.5, 0.6) is 0 Å². The van der Waals surface area contributed by atoms with Gasteiger partial charge in [0.05, 0.1) is 46.6 Å². The molecule has 0 saturated carbocycles. The second kappa shape index (κ2) is 9.19.